The van der Waals surface area contributed by atoms with E-state index in [1.807, 2.05) is 6.20 Å². The standard InChI is InChI=1S/C10H18N2.C10H14N2.10Mo.2H2N.10H2O.7O/c2*1-5-11-6-2-9(1)10-3-7-12-8-4-10;;;;;;;;;;;;;;;;;;;;;;;;;;;;;/h9-10H,1-8H2;1-2,5,10H,3-4,6-8H2;;;;;;;;;;;12*1H2;;;;;;;/q2*-2;;;;;;;+1;3*+3;2*-1;;;;;;;;;;;;;;;;;/p-10. The predicted octanol–water partition coefficient (Wildman–Crippen LogP) is 0.310. The summed E-state index contributed by atoms with van der Waals surface area (Å²) < 4.78 is 136. The molecule has 0 bridgehead atoms. The summed E-state index contributed by atoms with van der Waals surface area (Å²) in [5.74, 6) is 2.73. The average molecular weight is 1600 g/mol. The molecule has 0 aliphatic carbocycles. The third-order valence-corrected chi connectivity index (χ3v) is 30.3. The summed E-state index contributed by atoms with van der Waals surface area (Å²) in [7, 11) is 0. The van der Waals surface area contributed by atoms with Gasteiger partial charge in [0.2, 0.25) is 0 Å². The van der Waals surface area contributed by atoms with Gasteiger partial charge in [-0.2, -0.15) is 6.20 Å². The number of hydrogen-bond donors (Lipinski definition) is 10. The Morgan fingerprint density at radius 3 is 1.04 bits per heavy atom. The van der Waals surface area contributed by atoms with Crippen LogP contribution in [0.1, 0.15) is 38.5 Å². The molecule has 0 radical (unpaired) electrons. The van der Waals surface area contributed by atoms with Gasteiger partial charge < -0.3 is 33.6 Å². The van der Waals surface area contributed by atoms with Gasteiger partial charge in [-0.05, 0) is 17.8 Å². The van der Waals surface area contributed by atoms with Gasteiger partial charge in [-0.15, -0.1) is 45.8 Å². The van der Waals surface area contributed by atoms with Crippen LogP contribution in [-0.2, 0) is 211 Å². The Hall–Kier alpha value is 4.64. The molecule has 0 aromatic rings. The minimum absolute atomic E-state index is 0. The summed E-state index contributed by atoms with van der Waals surface area (Å²) >= 11 is -35.5. The fraction of sp³-hybridized carbons (Fsp3) is 0.800. The first-order valence-electron chi connectivity index (χ1n) is 13.4. The van der Waals surface area contributed by atoms with Crippen molar-refractivity contribution >= 4 is 0 Å². The summed E-state index contributed by atoms with van der Waals surface area (Å²) in [5.41, 5.74) is 1.49. The Balaban J connectivity index is -0.000000116. The summed E-state index contributed by atoms with van der Waals surface area (Å²) in [5, 5.41) is 17.3. The molecule has 3 fully saturated rings. The number of nitrogens with zero attached hydrogens (tertiary/aromatic N) is 4. The van der Waals surface area contributed by atoms with Gasteiger partial charge in [-0.1, -0.05) is 56.3 Å². The zero-order valence-electron chi connectivity index (χ0n) is 27.5. The number of allylic oxidation sites excluding steroid dienone is 2. The predicted molar refractivity (Wildman–Crippen MR) is 142 cm³/mol. The van der Waals surface area contributed by atoms with Crippen molar-refractivity contribution in [2.45, 2.75) is 38.5 Å². The van der Waals surface area contributed by atoms with Gasteiger partial charge in [0.15, 0.2) is 0 Å². The van der Waals surface area contributed by atoms with Gasteiger partial charge >= 0.3 is 122 Å². The van der Waals surface area contributed by atoms with Gasteiger partial charge in [-0.25, -0.2) is 0 Å². The van der Waals surface area contributed by atoms with Crippen LogP contribution < -0.4 is 0 Å². The van der Waals surface area contributed by atoms with E-state index in [0.29, 0.717) is 0 Å². The van der Waals surface area contributed by atoms with Gasteiger partial charge in [0.05, 0.1) is 0 Å². The summed E-state index contributed by atoms with van der Waals surface area (Å²) in [6, 6.07) is 0. The second-order valence-corrected chi connectivity index (χ2v) is 32.2. The van der Waals surface area contributed by atoms with Gasteiger partial charge in [0, 0.05) is 126 Å². The Kier molecular flexibility index (Phi) is 37.6. The van der Waals surface area contributed by atoms with Crippen molar-refractivity contribution in [3.8, 4) is 0 Å². The van der Waals surface area contributed by atoms with E-state index in [0.717, 1.165) is 63.6 Å². The van der Waals surface area contributed by atoms with Crippen LogP contribution in [-0.4, -0.2) is 83.4 Å². The molecule has 53 heavy (non-hydrogen) atoms. The molecule has 23 nitrogen and oxygen atoms in total. The van der Waals surface area contributed by atoms with E-state index in [1.165, 1.54) is 44.1 Å². The molecule has 33 heteroatoms. The molecule has 4 heterocycles. The SMILES string of the molecule is C1=CC(C2CC[N-]CC2)=CC[N-]1.C1CC(C2CC[N-]CC2)CC[N-]1.[Mo].[Mo].[Mo].[Mo].[Mo].[Mo].[NH2-].[NH2-].[O]=[Mo]([OH])([OH])([OH])[O][Mo](=[O])([OH])([O][Mo](=[O])([OH])([OH])[OH])[O][Mo](=[O])([OH])([OH])[OH]. The van der Waals surface area contributed by atoms with Crippen LogP contribution in [0.25, 0.3) is 33.6 Å². The average Bonchev–Trinajstić information content (AvgIpc) is 2.86. The van der Waals surface area contributed by atoms with E-state index in [-0.39, 0.29) is 139 Å². The van der Waals surface area contributed by atoms with E-state index < -0.39 is 65.2 Å². The number of rotatable bonds is 8. The molecule has 4 aliphatic rings. The molecule has 0 saturated carbocycles. The van der Waals surface area contributed by atoms with Crippen molar-refractivity contribution in [3.05, 3.63) is 57.5 Å². The molecule has 0 spiro atoms. The Labute approximate surface area is 402 Å². The van der Waals surface area contributed by atoms with Crippen LogP contribution in [0, 0.1) is 17.8 Å². The third-order valence-electron chi connectivity index (χ3n) is 6.54. The zero-order chi connectivity index (χ0) is 34.4. The number of piperidine rings is 3. The summed E-state index contributed by atoms with van der Waals surface area (Å²) in [6.45, 7) is 7.46. The minimum atomic E-state index is -9.39. The maximum absolute atomic E-state index is 11.5. The van der Waals surface area contributed by atoms with Crippen molar-refractivity contribution in [1.29, 1.82) is 0 Å². The van der Waals surface area contributed by atoms with E-state index in [9.17, 15) is 13.6 Å². The Morgan fingerprint density at radius 2 is 0.792 bits per heavy atom. The fourth-order valence-corrected chi connectivity index (χ4v) is 32.2. The van der Waals surface area contributed by atoms with Crippen LogP contribution >= 0.6 is 0 Å². The van der Waals surface area contributed by atoms with Crippen LogP contribution in [0.3, 0.4) is 0 Å². The molecule has 324 valence electrons. The van der Waals surface area contributed by atoms with Crippen LogP contribution in [0.2, 0.25) is 0 Å². The zero-order valence-corrected chi connectivity index (χ0v) is 47.6. The second kappa shape index (κ2) is 27.6. The summed E-state index contributed by atoms with van der Waals surface area (Å²) in [6.07, 6.45) is 14.2. The molecule has 4 rings (SSSR count). The summed E-state index contributed by atoms with van der Waals surface area (Å²) in [4.78, 5) is 0. The molecular weight excluding hydrogens is 1560 g/mol. The topological polar surface area (TPSA) is 422 Å². The molecule has 3 saturated heterocycles. The Bertz CT molecular complexity index is 1230. The van der Waals surface area contributed by atoms with Crippen molar-refractivity contribution in [1.82, 2.24) is 0 Å². The molecule has 4 aliphatic heterocycles. The van der Waals surface area contributed by atoms with Crippen LogP contribution in [0.5, 0.6) is 0 Å². The van der Waals surface area contributed by atoms with Crippen molar-refractivity contribution < 1.29 is 249 Å². The monoisotopic (exact) mass is 1620 g/mol. The molecule has 0 atom stereocenters. The van der Waals surface area contributed by atoms with Gasteiger partial charge in [0.25, 0.3) is 0 Å². The van der Waals surface area contributed by atoms with E-state index >= 15 is 0 Å². The van der Waals surface area contributed by atoms with E-state index in [4.69, 9.17) is 37.6 Å². The molecular formula is C20H46Mo10N6O17-6. The normalized spacial score (nSPS) is 21.1. The quantitative estimate of drug-likeness (QED) is 0.146. The van der Waals surface area contributed by atoms with Crippen molar-refractivity contribution in [2.24, 2.45) is 17.8 Å². The first-order chi connectivity index (χ1) is 20.1. The van der Waals surface area contributed by atoms with Gasteiger partial charge in [0.1, 0.15) is 0 Å². The number of hydrogen-bond acceptors (Lipinski definition) is 7. The fourth-order valence-electron chi connectivity index (χ4n) is 4.93. The molecule has 0 aromatic carbocycles. The van der Waals surface area contributed by atoms with Crippen LogP contribution in [0.15, 0.2) is 23.9 Å². The first kappa shape index (κ1) is 72.1. The van der Waals surface area contributed by atoms with E-state index in [2.05, 4.69) is 39.5 Å². The van der Waals surface area contributed by atoms with Crippen molar-refractivity contribution in [3.63, 3.8) is 0 Å². The molecule has 0 unspecified atom stereocenters. The Morgan fingerprint density at radius 1 is 0.509 bits per heavy atom. The van der Waals surface area contributed by atoms with Gasteiger partial charge in [-0.3, -0.25) is 0 Å². The second-order valence-electron chi connectivity index (χ2n) is 10.5. The molecule has 0 amide bonds. The van der Waals surface area contributed by atoms with E-state index in [1.54, 1.807) is 0 Å². The van der Waals surface area contributed by atoms with Crippen molar-refractivity contribution in [2.75, 3.05) is 45.8 Å². The molecule has 14 N–H and O–H groups in total. The first-order valence-corrected chi connectivity index (χ1v) is 30.5. The molecule has 0 aromatic heterocycles. The maximum atomic E-state index is 11.5. The van der Waals surface area contributed by atoms with Crippen LogP contribution in [0.4, 0.5) is 0 Å². The third kappa shape index (κ3) is 35.9. The number of nitrogens with two attached hydrogens (primary N) is 2.